The molecule has 2 atom stereocenters. The smallest absolute Gasteiger partial charge is 0.248 e. The van der Waals surface area contributed by atoms with E-state index in [0.29, 0.717) is 6.42 Å². The molecule has 0 N–H and O–H groups in total. The number of hydrogen-bond acceptors (Lipinski definition) is 1. The summed E-state index contributed by atoms with van der Waals surface area (Å²) in [6.45, 7) is 1.80. The van der Waals surface area contributed by atoms with Crippen molar-refractivity contribution in [1.29, 1.82) is 0 Å². The molecule has 0 saturated heterocycles. The summed E-state index contributed by atoms with van der Waals surface area (Å²) < 4.78 is 25.3. The lowest BCUT2D eigenvalue weighted by atomic mass is 10.0. The second-order valence-electron chi connectivity index (χ2n) is 3.94. The van der Waals surface area contributed by atoms with Gasteiger partial charge in [0.25, 0.3) is 0 Å². The molecule has 2 aliphatic rings. The minimum atomic E-state index is -2.47. The van der Waals surface area contributed by atoms with Crippen molar-refractivity contribution in [2.45, 2.75) is 32.1 Å². The molecule has 3 heteroatoms. The molecule has 0 bridgehead atoms. The zero-order valence-electron chi connectivity index (χ0n) is 7.02. The minimum absolute atomic E-state index is 0.00498. The first kappa shape index (κ1) is 8.14. The van der Waals surface area contributed by atoms with Gasteiger partial charge in [-0.25, -0.2) is 8.78 Å². The number of halogens is 2. The standard InChI is InChI=1S/C9H12F2O/c1-2-7(12)8-5-3-9(10,11)4-6(5)8/h5-6,8H,2-4H2,1H3. The topological polar surface area (TPSA) is 17.1 Å². The van der Waals surface area contributed by atoms with Crippen molar-refractivity contribution in [2.75, 3.05) is 0 Å². The van der Waals surface area contributed by atoms with Gasteiger partial charge in [0.2, 0.25) is 5.92 Å². The maximum Gasteiger partial charge on any atom is 0.248 e. The van der Waals surface area contributed by atoms with Crippen molar-refractivity contribution in [3.63, 3.8) is 0 Å². The van der Waals surface area contributed by atoms with Crippen molar-refractivity contribution >= 4 is 5.78 Å². The fraction of sp³-hybridized carbons (Fsp3) is 0.889. The third-order valence-electron chi connectivity index (χ3n) is 3.12. The minimum Gasteiger partial charge on any atom is -0.299 e. The second kappa shape index (κ2) is 2.27. The Morgan fingerprint density at radius 2 is 1.92 bits per heavy atom. The van der Waals surface area contributed by atoms with Crippen LogP contribution in [0.2, 0.25) is 0 Å². The number of ketones is 1. The molecule has 0 aromatic carbocycles. The zero-order chi connectivity index (χ0) is 8.93. The van der Waals surface area contributed by atoms with E-state index in [-0.39, 0.29) is 36.4 Å². The Hall–Kier alpha value is -0.470. The van der Waals surface area contributed by atoms with Crippen LogP contribution in [0.3, 0.4) is 0 Å². The highest BCUT2D eigenvalue weighted by molar-refractivity contribution is 5.84. The van der Waals surface area contributed by atoms with E-state index in [2.05, 4.69) is 0 Å². The number of Topliss-reactive ketones (excluding diaryl/α,β-unsaturated/α-hetero) is 1. The summed E-state index contributed by atoms with van der Waals surface area (Å²) in [5.74, 6) is -2.25. The summed E-state index contributed by atoms with van der Waals surface area (Å²) in [5, 5.41) is 0. The molecule has 12 heavy (non-hydrogen) atoms. The first-order chi connectivity index (χ1) is 5.55. The van der Waals surface area contributed by atoms with Crippen LogP contribution < -0.4 is 0 Å². The number of carbonyl (C=O) groups is 1. The molecule has 2 saturated carbocycles. The average molecular weight is 174 g/mol. The molecule has 1 nitrogen and oxygen atoms in total. The van der Waals surface area contributed by atoms with Crippen LogP contribution in [0.5, 0.6) is 0 Å². The Bertz CT molecular complexity index is 211. The fourth-order valence-corrected chi connectivity index (χ4v) is 2.49. The molecule has 0 aliphatic heterocycles. The number of fused-ring (bicyclic) bond motifs is 1. The lowest BCUT2D eigenvalue weighted by Crippen LogP contribution is -2.17. The van der Waals surface area contributed by atoms with Crippen LogP contribution in [0.1, 0.15) is 26.2 Å². The molecule has 2 unspecified atom stereocenters. The number of rotatable bonds is 2. The summed E-state index contributed by atoms with van der Waals surface area (Å²) in [7, 11) is 0. The molecule has 0 amide bonds. The molecular formula is C9H12F2O. The zero-order valence-corrected chi connectivity index (χ0v) is 7.02. The van der Waals surface area contributed by atoms with Gasteiger partial charge in [0.1, 0.15) is 5.78 Å². The van der Waals surface area contributed by atoms with E-state index in [1.165, 1.54) is 0 Å². The largest absolute Gasteiger partial charge is 0.299 e. The molecule has 2 rings (SSSR count). The third kappa shape index (κ3) is 1.06. The number of alkyl halides is 2. The highest BCUT2D eigenvalue weighted by Crippen LogP contribution is 2.62. The molecule has 2 fully saturated rings. The van der Waals surface area contributed by atoms with Crippen LogP contribution in [0.25, 0.3) is 0 Å². The number of hydrogen-bond donors (Lipinski definition) is 0. The van der Waals surface area contributed by atoms with Crippen molar-refractivity contribution in [2.24, 2.45) is 17.8 Å². The van der Waals surface area contributed by atoms with Gasteiger partial charge < -0.3 is 0 Å². The van der Waals surface area contributed by atoms with Gasteiger partial charge in [0.05, 0.1) is 0 Å². The first-order valence-corrected chi connectivity index (χ1v) is 4.46. The SMILES string of the molecule is CCC(=O)C1C2CC(F)(F)CC21. The van der Waals surface area contributed by atoms with Gasteiger partial charge in [-0.1, -0.05) is 6.92 Å². The van der Waals surface area contributed by atoms with Crippen molar-refractivity contribution in [1.82, 2.24) is 0 Å². The summed E-state index contributed by atoms with van der Waals surface area (Å²) in [5.41, 5.74) is 0. The van der Waals surface area contributed by atoms with Gasteiger partial charge in [-0.2, -0.15) is 0 Å². The lowest BCUT2D eigenvalue weighted by Gasteiger charge is -2.11. The summed E-state index contributed by atoms with van der Waals surface area (Å²) >= 11 is 0. The molecule has 0 aromatic rings. The van der Waals surface area contributed by atoms with E-state index in [0.717, 1.165) is 0 Å². The first-order valence-electron chi connectivity index (χ1n) is 4.46. The molecule has 0 radical (unpaired) electrons. The Morgan fingerprint density at radius 3 is 2.33 bits per heavy atom. The predicted molar refractivity (Wildman–Crippen MR) is 39.9 cm³/mol. The van der Waals surface area contributed by atoms with E-state index in [4.69, 9.17) is 0 Å². The van der Waals surface area contributed by atoms with Gasteiger partial charge in [-0.3, -0.25) is 4.79 Å². The molecule has 0 heterocycles. The normalized spacial score (nSPS) is 42.4. The Kier molecular flexibility index (Phi) is 1.54. The summed E-state index contributed by atoms with van der Waals surface area (Å²) in [4.78, 5) is 11.2. The van der Waals surface area contributed by atoms with Crippen LogP contribution in [-0.2, 0) is 4.79 Å². The third-order valence-corrected chi connectivity index (χ3v) is 3.12. The molecular weight excluding hydrogens is 162 g/mol. The van der Waals surface area contributed by atoms with Gasteiger partial charge in [0.15, 0.2) is 0 Å². The predicted octanol–water partition coefficient (Wildman–Crippen LogP) is 2.26. The van der Waals surface area contributed by atoms with Crippen LogP contribution in [0.15, 0.2) is 0 Å². The van der Waals surface area contributed by atoms with Gasteiger partial charge in [0, 0.05) is 25.2 Å². The van der Waals surface area contributed by atoms with Crippen LogP contribution in [0, 0.1) is 17.8 Å². The van der Waals surface area contributed by atoms with Crippen molar-refractivity contribution in [3.05, 3.63) is 0 Å². The Morgan fingerprint density at radius 1 is 1.42 bits per heavy atom. The van der Waals surface area contributed by atoms with E-state index in [1.807, 2.05) is 0 Å². The van der Waals surface area contributed by atoms with Gasteiger partial charge in [-0.05, 0) is 11.8 Å². The fourth-order valence-electron chi connectivity index (χ4n) is 2.49. The summed E-state index contributed by atoms with van der Waals surface area (Å²) in [6.07, 6.45) is 0.408. The van der Waals surface area contributed by atoms with E-state index in [9.17, 15) is 13.6 Å². The highest BCUT2D eigenvalue weighted by atomic mass is 19.3. The monoisotopic (exact) mass is 174 g/mol. The van der Waals surface area contributed by atoms with E-state index in [1.54, 1.807) is 6.92 Å². The maximum absolute atomic E-state index is 12.7. The van der Waals surface area contributed by atoms with Crippen LogP contribution in [-0.4, -0.2) is 11.7 Å². The number of carbonyl (C=O) groups excluding carboxylic acids is 1. The second-order valence-corrected chi connectivity index (χ2v) is 3.94. The molecule has 2 aliphatic carbocycles. The lowest BCUT2D eigenvalue weighted by molar-refractivity contribution is -0.121. The summed E-state index contributed by atoms with van der Waals surface area (Å²) in [6, 6.07) is 0. The average Bonchev–Trinajstić information content (AvgIpc) is 2.49. The quantitative estimate of drug-likeness (QED) is 0.627. The Balaban J connectivity index is 1.95. The molecule has 0 spiro atoms. The van der Waals surface area contributed by atoms with Crippen LogP contribution >= 0.6 is 0 Å². The van der Waals surface area contributed by atoms with Crippen molar-refractivity contribution in [3.8, 4) is 0 Å². The molecule has 68 valence electrons. The van der Waals surface area contributed by atoms with Gasteiger partial charge >= 0.3 is 0 Å². The Labute approximate surface area is 70.1 Å². The molecule has 0 aromatic heterocycles. The highest BCUT2D eigenvalue weighted by Gasteiger charge is 2.64. The maximum atomic E-state index is 12.7. The van der Waals surface area contributed by atoms with Gasteiger partial charge in [-0.15, -0.1) is 0 Å². The van der Waals surface area contributed by atoms with Crippen molar-refractivity contribution < 1.29 is 13.6 Å². The van der Waals surface area contributed by atoms with Crippen LogP contribution in [0.4, 0.5) is 8.78 Å². The van der Waals surface area contributed by atoms with E-state index >= 15 is 0 Å². The van der Waals surface area contributed by atoms with E-state index < -0.39 is 5.92 Å².